The average Bonchev–Trinajstić information content (AvgIpc) is 3.46. The molecule has 0 atom stereocenters. The first-order valence-corrected chi connectivity index (χ1v) is 9.16. The van der Waals surface area contributed by atoms with Gasteiger partial charge in [0.1, 0.15) is 0 Å². The number of carbonyl (C=O) groups is 1. The number of carbonyl (C=O) groups excluding carboxylic acids is 1. The van der Waals surface area contributed by atoms with Crippen LogP contribution in [0.1, 0.15) is 30.9 Å². The third-order valence-corrected chi connectivity index (χ3v) is 4.59. The summed E-state index contributed by atoms with van der Waals surface area (Å²) in [6.07, 6.45) is 2.51. The van der Waals surface area contributed by atoms with E-state index in [0.717, 1.165) is 29.8 Å². The molecule has 4 heteroatoms. The van der Waals surface area contributed by atoms with Gasteiger partial charge >= 0.3 is 5.97 Å². The molecular formula is C22H24N2O2. The molecule has 134 valence electrons. The number of rotatable bonds is 8. The van der Waals surface area contributed by atoms with Gasteiger partial charge in [-0.1, -0.05) is 42.5 Å². The smallest absolute Gasteiger partial charge is 0.320 e. The Morgan fingerprint density at radius 3 is 2.58 bits per heavy atom. The summed E-state index contributed by atoms with van der Waals surface area (Å²) in [6, 6.07) is 18.1. The fraction of sp³-hybridized carbons (Fsp3) is 0.364. The van der Waals surface area contributed by atoms with Gasteiger partial charge in [-0.15, -0.1) is 0 Å². The molecule has 0 amide bonds. The summed E-state index contributed by atoms with van der Waals surface area (Å²) < 4.78 is 5.10. The SMILES string of the molecule is CCOC(=O)CN(Cc1ccc(-c2ccccc2C#N)cc1)CC1CC1. The van der Waals surface area contributed by atoms with Crippen LogP contribution in [0.3, 0.4) is 0 Å². The standard InChI is InChI=1S/C22H24N2O2/c1-2-26-22(25)16-24(14-17-7-8-17)15-18-9-11-19(12-10-18)21-6-4-3-5-20(21)13-23/h3-6,9-12,17H,2,7-8,14-16H2,1H3. The van der Waals surface area contributed by atoms with E-state index in [4.69, 9.17) is 4.74 Å². The lowest BCUT2D eigenvalue weighted by Gasteiger charge is -2.21. The van der Waals surface area contributed by atoms with Crippen molar-refractivity contribution in [2.75, 3.05) is 19.7 Å². The highest BCUT2D eigenvalue weighted by Crippen LogP contribution is 2.30. The third kappa shape index (κ3) is 4.93. The molecule has 2 aromatic rings. The van der Waals surface area contributed by atoms with Crippen LogP contribution in [0, 0.1) is 17.2 Å². The number of hydrogen-bond donors (Lipinski definition) is 0. The molecule has 3 rings (SSSR count). The summed E-state index contributed by atoms with van der Waals surface area (Å²) in [4.78, 5) is 14.0. The number of ether oxygens (including phenoxy) is 1. The fourth-order valence-corrected chi connectivity index (χ4v) is 3.12. The Hall–Kier alpha value is -2.64. The average molecular weight is 348 g/mol. The summed E-state index contributed by atoms with van der Waals surface area (Å²) in [5.74, 6) is 0.555. The normalized spacial score (nSPS) is 13.4. The summed E-state index contributed by atoms with van der Waals surface area (Å²) >= 11 is 0. The van der Waals surface area contributed by atoms with Crippen molar-refractivity contribution in [3.05, 3.63) is 59.7 Å². The second kappa shape index (κ2) is 8.64. The van der Waals surface area contributed by atoms with Crippen molar-refractivity contribution in [3.8, 4) is 17.2 Å². The van der Waals surface area contributed by atoms with Crippen molar-refractivity contribution >= 4 is 5.97 Å². The minimum absolute atomic E-state index is 0.160. The summed E-state index contributed by atoms with van der Waals surface area (Å²) in [7, 11) is 0. The Balaban J connectivity index is 1.70. The van der Waals surface area contributed by atoms with Crippen molar-refractivity contribution in [1.82, 2.24) is 4.90 Å². The minimum atomic E-state index is -0.160. The number of benzene rings is 2. The third-order valence-electron chi connectivity index (χ3n) is 4.59. The lowest BCUT2D eigenvalue weighted by atomic mass is 9.99. The zero-order chi connectivity index (χ0) is 18.4. The van der Waals surface area contributed by atoms with Crippen LogP contribution in [0.2, 0.25) is 0 Å². The molecule has 26 heavy (non-hydrogen) atoms. The molecule has 0 saturated heterocycles. The summed E-state index contributed by atoms with van der Waals surface area (Å²) in [6.45, 7) is 4.26. The summed E-state index contributed by atoms with van der Waals surface area (Å²) in [5, 5.41) is 9.27. The van der Waals surface area contributed by atoms with E-state index in [1.165, 1.54) is 12.8 Å². The number of nitriles is 1. The van der Waals surface area contributed by atoms with Crippen molar-refractivity contribution < 1.29 is 9.53 Å². The first kappa shape index (κ1) is 18.2. The van der Waals surface area contributed by atoms with Gasteiger partial charge in [-0.2, -0.15) is 5.26 Å². The molecule has 4 nitrogen and oxygen atoms in total. The molecule has 0 aromatic heterocycles. The zero-order valence-electron chi connectivity index (χ0n) is 15.1. The molecule has 1 saturated carbocycles. The first-order valence-electron chi connectivity index (χ1n) is 9.16. The Labute approximate surface area is 155 Å². The van der Waals surface area contributed by atoms with Gasteiger partial charge in [-0.25, -0.2) is 0 Å². The van der Waals surface area contributed by atoms with Crippen LogP contribution in [0.15, 0.2) is 48.5 Å². The van der Waals surface area contributed by atoms with E-state index in [9.17, 15) is 10.1 Å². The maximum Gasteiger partial charge on any atom is 0.320 e. The van der Waals surface area contributed by atoms with E-state index >= 15 is 0 Å². The second-order valence-electron chi connectivity index (χ2n) is 6.77. The highest BCUT2D eigenvalue weighted by Gasteiger charge is 2.25. The Morgan fingerprint density at radius 2 is 1.92 bits per heavy atom. The molecule has 1 fully saturated rings. The Bertz CT molecular complexity index is 789. The molecule has 1 aliphatic carbocycles. The maximum absolute atomic E-state index is 11.9. The van der Waals surface area contributed by atoms with E-state index in [-0.39, 0.29) is 5.97 Å². The molecule has 0 spiro atoms. The van der Waals surface area contributed by atoms with Gasteiger partial charge in [-0.05, 0) is 48.4 Å². The van der Waals surface area contributed by atoms with Crippen molar-refractivity contribution in [2.45, 2.75) is 26.3 Å². The molecule has 0 N–H and O–H groups in total. The number of hydrogen-bond acceptors (Lipinski definition) is 4. The quantitative estimate of drug-likeness (QED) is 0.677. The van der Waals surface area contributed by atoms with Gasteiger partial charge in [0.2, 0.25) is 0 Å². The molecule has 2 aromatic carbocycles. The van der Waals surface area contributed by atoms with E-state index in [0.29, 0.717) is 24.6 Å². The Morgan fingerprint density at radius 1 is 1.19 bits per heavy atom. The minimum Gasteiger partial charge on any atom is -0.465 e. The van der Waals surface area contributed by atoms with Gasteiger partial charge in [0.25, 0.3) is 0 Å². The topological polar surface area (TPSA) is 53.3 Å². The van der Waals surface area contributed by atoms with Crippen LogP contribution in [0.4, 0.5) is 0 Å². The highest BCUT2D eigenvalue weighted by molar-refractivity contribution is 5.72. The molecular weight excluding hydrogens is 324 g/mol. The molecule has 0 bridgehead atoms. The molecule has 0 unspecified atom stereocenters. The second-order valence-corrected chi connectivity index (χ2v) is 6.77. The van der Waals surface area contributed by atoms with Crippen molar-refractivity contribution in [1.29, 1.82) is 5.26 Å². The molecule has 0 heterocycles. The van der Waals surface area contributed by atoms with Crippen LogP contribution in [0.5, 0.6) is 0 Å². The van der Waals surface area contributed by atoms with Gasteiger partial charge in [0.05, 0.1) is 24.8 Å². The van der Waals surface area contributed by atoms with Crippen LogP contribution >= 0.6 is 0 Å². The number of esters is 1. The van der Waals surface area contributed by atoms with Gasteiger partial charge < -0.3 is 4.74 Å². The predicted molar refractivity (Wildman–Crippen MR) is 101 cm³/mol. The van der Waals surface area contributed by atoms with E-state index in [1.807, 2.05) is 43.3 Å². The lowest BCUT2D eigenvalue weighted by Crippen LogP contribution is -2.32. The van der Waals surface area contributed by atoms with E-state index < -0.39 is 0 Å². The molecule has 1 aliphatic rings. The van der Waals surface area contributed by atoms with Crippen LogP contribution in [0.25, 0.3) is 11.1 Å². The lowest BCUT2D eigenvalue weighted by molar-refractivity contribution is -0.144. The van der Waals surface area contributed by atoms with E-state index in [1.54, 1.807) is 0 Å². The van der Waals surface area contributed by atoms with Gasteiger partial charge in [0.15, 0.2) is 0 Å². The van der Waals surface area contributed by atoms with Crippen LogP contribution in [-0.2, 0) is 16.1 Å². The summed E-state index contributed by atoms with van der Waals surface area (Å²) in [5.41, 5.74) is 3.82. The Kier molecular flexibility index (Phi) is 6.04. The maximum atomic E-state index is 11.9. The number of nitrogens with zero attached hydrogens (tertiary/aromatic N) is 2. The first-order chi connectivity index (χ1) is 12.7. The van der Waals surface area contributed by atoms with Crippen LogP contribution in [-0.4, -0.2) is 30.6 Å². The molecule has 0 radical (unpaired) electrons. The largest absolute Gasteiger partial charge is 0.465 e. The van der Waals surface area contributed by atoms with Crippen molar-refractivity contribution in [2.24, 2.45) is 5.92 Å². The predicted octanol–water partition coefficient (Wildman–Crippen LogP) is 4.00. The van der Waals surface area contributed by atoms with E-state index in [2.05, 4.69) is 23.1 Å². The van der Waals surface area contributed by atoms with Crippen LogP contribution < -0.4 is 0 Å². The molecule has 0 aliphatic heterocycles. The fourth-order valence-electron chi connectivity index (χ4n) is 3.12. The monoisotopic (exact) mass is 348 g/mol. The zero-order valence-corrected chi connectivity index (χ0v) is 15.1. The highest BCUT2D eigenvalue weighted by atomic mass is 16.5. The van der Waals surface area contributed by atoms with Crippen molar-refractivity contribution in [3.63, 3.8) is 0 Å². The van der Waals surface area contributed by atoms with Gasteiger partial charge in [-0.3, -0.25) is 9.69 Å². The van der Waals surface area contributed by atoms with Gasteiger partial charge in [0, 0.05) is 13.1 Å².